The smallest absolute Gasteiger partial charge is 0.211 e. The Morgan fingerprint density at radius 1 is 1.50 bits per heavy atom. The van der Waals surface area contributed by atoms with Gasteiger partial charge in [-0.15, -0.1) is 0 Å². The number of hydroxylamine groups is 1. The molecule has 0 fully saturated rings. The van der Waals surface area contributed by atoms with E-state index < -0.39 is 6.10 Å². The number of aliphatic hydroxyl groups excluding tert-OH is 1. The zero-order chi connectivity index (χ0) is 12.0. The lowest BCUT2D eigenvalue weighted by Gasteiger charge is -2.12. The van der Waals surface area contributed by atoms with Crippen molar-refractivity contribution in [1.29, 1.82) is 0 Å². The molecule has 88 valence electrons. The molecule has 16 heavy (non-hydrogen) atoms. The van der Waals surface area contributed by atoms with Crippen LogP contribution >= 0.6 is 0 Å². The SMILES string of the molecule is O=CNc1cc(C(O)CNO)ccc1OO. The summed E-state index contributed by atoms with van der Waals surface area (Å²) in [7, 11) is 0. The minimum atomic E-state index is -0.940. The molecule has 0 heterocycles. The van der Waals surface area contributed by atoms with E-state index in [1.54, 1.807) is 0 Å². The molecule has 1 atom stereocenters. The van der Waals surface area contributed by atoms with Gasteiger partial charge in [0.15, 0.2) is 5.75 Å². The molecule has 0 bridgehead atoms. The Kier molecular flexibility index (Phi) is 4.67. The summed E-state index contributed by atoms with van der Waals surface area (Å²) in [6.45, 7) is -0.0557. The highest BCUT2D eigenvalue weighted by molar-refractivity contribution is 5.75. The summed E-state index contributed by atoms with van der Waals surface area (Å²) < 4.78 is 0. The van der Waals surface area contributed by atoms with E-state index in [-0.39, 0.29) is 18.0 Å². The van der Waals surface area contributed by atoms with Crippen LogP contribution in [0.25, 0.3) is 0 Å². The van der Waals surface area contributed by atoms with Gasteiger partial charge in [0, 0.05) is 0 Å². The van der Waals surface area contributed by atoms with Crippen molar-refractivity contribution >= 4 is 12.1 Å². The maximum Gasteiger partial charge on any atom is 0.211 e. The Balaban J connectivity index is 2.96. The van der Waals surface area contributed by atoms with Gasteiger partial charge in [0.1, 0.15) is 0 Å². The third kappa shape index (κ3) is 2.91. The van der Waals surface area contributed by atoms with E-state index in [1.807, 2.05) is 5.48 Å². The second-order valence-corrected chi connectivity index (χ2v) is 2.99. The summed E-state index contributed by atoms with van der Waals surface area (Å²) in [6, 6.07) is 4.28. The fourth-order valence-corrected chi connectivity index (χ4v) is 1.22. The number of anilines is 1. The predicted octanol–water partition coefficient (Wildman–Crippen LogP) is 0.119. The van der Waals surface area contributed by atoms with Crippen LogP contribution in [0.5, 0.6) is 5.75 Å². The summed E-state index contributed by atoms with van der Waals surface area (Å²) in [4.78, 5) is 14.3. The third-order valence-corrected chi connectivity index (χ3v) is 1.99. The van der Waals surface area contributed by atoms with Gasteiger partial charge in [0.25, 0.3) is 0 Å². The Morgan fingerprint density at radius 2 is 2.25 bits per heavy atom. The number of carbonyl (C=O) groups is 1. The molecule has 0 aliphatic heterocycles. The van der Waals surface area contributed by atoms with Crippen molar-refractivity contribution in [2.75, 3.05) is 11.9 Å². The number of amides is 1. The minimum absolute atomic E-state index is 0.0556. The lowest BCUT2D eigenvalue weighted by Crippen LogP contribution is -2.17. The van der Waals surface area contributed by atoms with Crippen LogP contribution in [-0.2, 0) is 4.79 Å². The second kappa shape index (κ2) is 6.03. The topological polar surface area (TPSA) is 111 Å². The number of nitrogens with one attached hydrogen (secondary N) is 2. The van der Waals surface area contributed by atoms with Crippen LogP contribution in [0.3, 0.4) is 0 Å². The van der Waals surface area contributed by atoms with E-state index in [0.717, 1.165) is 0 Å². The van der Waals surface area contributed by atoms with Gasteiger partial charge in [-0.25, -0.2) is 10.7 Å². The van der Waals surface area contributed by atoms with E-state index in [0.29, 0.717) is 12.0 Å². The Hall–Kier alpha value is -1.67. The molecule has 1 aromatic rings. The quantitative estimate of drug-likeness (QED) is 0.268. The summed E-state index contributed by atoms with van der Waals surface area (Å²) in [5.74, 6) is 0.0556. The summed E-state index contributed by atoms with van der Waals surface area (Å²) in [5.41, 5.74) is 2.49. The summed E-state index contributed by atoms with van der Waals surface area (Å²) >= 11 is 0. The van der Waals surface area contributed by atoms with Gasteiger partial charge in [0.2, 0.25) is 6.41 Å². The van der Waals surface area contributed by atoms with Crippen LogP contribution in [0.4, 0.5) is 5.69 Å². The number of hydrogen-bond donors (Lipinski definition) is 5. The number of hydrogen-bond acceptors (Lipinski definition) is 6. The van der Waals surface area contributed by atoms with Gasteiger partial charge in [-0.1, -0.05) is 6.07 Å². The molecule has 0 aliphatic carbocycles. The van der Waals surface area contributed by atoms with Gasteiger partial charge in [-0.3, -0.25) is 4.79 Å². The molecule has 0 saturated carbocycles. The van der Waals surface area contributed by atoms with E-state index in [9.17, 15) is 9.90 Å². The molecular weight excluding hydrogens is 216 g/mol. The predicted molar refractivity (Wildman–Crippen MR) is 54.1 cm³/mol. The maximum absolute atomic E-state index is 10.3. The van der Waals surface area contributed by atoms with Crippen LogP contribution in [0, 0.1) is 0 Å². The Bertz CT molecular complexity index is 358. The zero-order valence-corrected chi connectivity index (χ0v) is 8.25. The van der Waals surface area contributed by atoms with Crippen LogP contribution in [-0.4, -0.2) is 28.5 Å². The molecule has 0 spiro atoms. The fraction of sp³-hybridized carbons (Fsp3) is 0.222. The van der Waals surface area contributed by atoms with Crippen molar-refractivity contribution in [3.05, 3.63) is 23.8 Å². The normalized spacial score (nSPS) is 11.9. The van der Waals surface area contributed by atoms with Crippen molar-refractivity contribution in [1.82, 2.24) is 5.48 Å². The molecule has 5 N–H and O–H groups in total. The number of aliphatic hydroxyl groups is 1. The highest BCUT2D eigenvalue weighted by atomic mass is 17.1. The van der Waals surface area contributed by atoms with Crippen molar-refractivity contribution in [3.8, 4) is 5.75 Å². The number of carbonyl (C=O) groups excluding carboxylic acids is 1. The molecule has 1 aromatic carbocycles. The average molecular weight is 228 g/mol. The van der Waals surface area contributed by atoms with Gasteiger partial charge >= 0.3 is 0 Å². The van der Waals surface area contributed by atoms with Crippen molar-refractivity contribution in [3.63, 3.8) is 0 Å². The van der Waals surface area contributed by atoms with Gasteiger partial charge in [-0.05, 0) is 17.7 Å². The zero-order valence-electron chi connectivity index (χ0n) is 8.25. The van der Waals surface area contributed by atoms with Crippen molar-refractivity contribution < 1.29 is 25.3 Å². The van der Waals surface area contributed by atoms with Gasteiger partial charge in [0.05, 0.1) is 18.3 Å². The van der Waals surface area contributed by atoms with Crippen LogP contribution in [0.15, 0.2) is 18.2 Å². The molecular formula is C9H12N2O5. The molecule has 0 aromatic heterocycles. The monoisotopic (exact) mass is 228 g/mol. The minimum Gasteiger partial charge on any atom is -0.387 e. The molecule has 0 saturated heterocycles. The standard InChI is InChI=1S/C9H12N2O5/c12-5-10-7-3-6(8(13)4-11-14)1-2-9(7)16-15/h1-3,5,8,11,13-15H,4H2,(H,10,12). The van der Waals surface area contributed by atoms with Gasteiger partial charge in [-0.2, -0.15) is 0 Å². The first-order valence-electron chi connectivity index (χ1n) is 4.43. The van der Waals surface area contributed by atoms with E-state index in [4.69, 9.17) is 10.5 Å². The highest BCUT2D eigenvalue weighted by Gasteiger charge is 2.11. The molecule has 1 amide bonds. The lowest BCUT2D eigenvalue weighted by atomic mass is 10.1. The summed E-state index contributed by atoms with van der Waals surface area (Å²) in [5, 5.41) is 28.8. The van der Waals surface area contributed by atoms with Crippen molar-refractivity contribution in [2.45, 2.75) is 6.10 Å². The van der Waals surface area contributed by atoms with Crippen LogP contribution < -0.4 is 15.7 Å². The first-order chi connectivity index (χ1) is 7.72. The average Bonchev–Trinajstić information content (AvgIpc) is 2.29. The van der Waals surface area contributed by atoms with Crippen LogP contribution in [0.1, 0.15) is 11.7 Å². The first kappa shape index (κ1) is 12.4. The van der Waals surface area contributed by atoms with E-state index >= 15 is 0 Å². The number of benzene rings is 1. The number of rotatable bonds is 6. The molecule has 7 heteroatoms. The Labute approximate surface area is 91.2 Å². The molecule has 0 aliphatic rings. The molecule has 0 radical (unpaired) electrons. The first-order valence-corrected chi connectivity index (χ1v) is 4.43. The lowest BCUT2D eigenvalue weighted by molar-refractivity contribution is -0.137. The van der Waals surface area contributed by atoms with E-state index in [2.05, 4.69) is 10.2 Å². The largest absolute Gasteiger partial charge is 0.387 e. The molecule has 1 unspecified atom stereocenters. The second-order valence-electron chi connectivity index (χ2n) is 2.99. The molecule has 1 rings (SSSR count). The van der Waals surface area contributed by atoms with E-state index in [1.165, 1.54) is 18.2 Å². The summed E-state index contributed by atoms with van der Waals surface area (Å²) in [6.07, 6.45) is -0.525. The third-order valence-electron chi connectivity index (χ3n) is 1.99. The van der Waals surface area contributed by atoms with Crippen molar-refractivity contribution in [2.24, 2.45) is 0 Å². The van der Waals surface area contributed by atoms with Crippen LogP contribution in [0.2, 0.25) is 0 Å². The Morgan fingerprint density at radius 3 is 2.81 bits per heavy atom. The highest BCUT2D eigenvalue weighted by Crippen LogP contribution is 2.27. The maximum atomic E-state index is 10.3. The fourth-order valence-electron chi connectivity index (χ4n) is 1.22. The molecule has 7 nitrogen and oxygen atoms in total. The van der Waals surface area contributed by atoms with Gasteiger partial charge < -0.3 is 20.5 Å².